The van der Waals surface area contributed by atoms with Crippen LogP contribution in [0.1, 0.15) is 58.8 Å². The lowest BCUT2D eigenvalue weighted by Crippen LogP contribution is -2.31. The van der Waals surface area contributed by atoms with Crippen molar-refractivity contribution in [2.24, 2.45) is 5.92 Å². The second-order valence-corrected chi connectivity index (χ2v) is 9.12. The van der Waals surface area contributed by atoms with E-state index in [0.717, 1.165) is 5.56 Å². The third-order valence-corrected chi connectivity index (χ3v) is 6.58. The number of nitrogens with zero attached hydrogens (tertiary/aromatic N) is 4. The summed E-state index contributed by atoms with van der Waals surface area (Å²) in [5.74, 6) is -2.33. The largest absolute Gasteiger partial charge is 0.345 e. The first-order valence-corrected chi connectivity index (χ1v) is 11.9. The average molecular weight is 482 g/mol. The number of rotatable bonds is 6. The van der Waals surface area contributed by atoms with Crippen LogP contribution in [0.5, 0.6) is 0 Å². The first kappa shape index (κ1) is 24.9. The molecule has 1 amide bonds. The van der Waals surface area contributed by atoms with Gasteiger partial charge in [-0.25, -0.2) is 0 Å². The highest BCUT2D eigenvalue weighted by Gasteiger charge is 2.26. The van der Waals surface area contributed by atoms with Gasteiger partial charge >= 0.3 is 0 Å². The van der Waals surface area contributed by atoms with Crippen LogP contribution in [0.15, 0.2) is 72.8 Å². The molecule has 0 saturated carbocycles. The summed E-state index contributed by atoms with van der Waals surface area (Å²) in [4.78, 5) is 13.4. The Morgan fingerprint density at radius 2 is 1.16 bits per heavy atom. The lowest BCUT2D eigenvalue weighted by molar-refractivity contribution is 0.0925. The molecule has 0 saturated heterocycles. The Kier molecular flexibility index (Phi) is 7.16. The molecule has 6 heteroatoms. The van der Waals surface area contributed by atoms with Crippen molar-refractivity contribution in [1.82, 2.24) is 5.32 Å². The molecule has 0 heterocycles. The molecule has 0 fully saturated rings. The third kappa shape index (κ3) is 4.58. The van der Waals surface area contributed by atoms with Gasteiger partial charge in [0.2, 0.25) is 0 Å². The first-order chi connectivity index (χ1) is 17.9. The maximum absolute atomic E-state index is 13.4. The van der Waals surface area contributed by atoms with Crippen LogP contribution in [-0.2, 0) is 0 Å². The van der Waals surface area contributed by atoms with Crippen LogP contribution < -0.4 is 5.32 Å². The predicted molar refractivity (Wildman–Crippen MR) is 141 cm³/mol. The molecule has 0 bridgehead atoms. The fraction of sp³-hybridized carbons (Fsp3) is 0.194. The van der Waals surface area contributed by atoms with Crippen LogP contribution in [-0.4, -0.2) is 5.91 Å². The molecule has 0 aliphatic carbocycles. The van der Waals surface area contributed by atoms with Crippen molar-refractivity contribution in [3.63, 3.8) is 0 Å². The van der Waals surface area contributed by atoms with Gasteiger partial charge in [-0.2, -0.15) is 21.0 Å². The molecule has 1 atom stereocenters. The highest BCUT2D eigenvalue weighted by molar-refractivity contribution is 6.10. The topological polar surface area (TPSA) is 124 Å². The van der Waals surface area contributed by atoms with E-state index in [-0.39, 0.29) is 17.9 Å². The zero-order valence-electron chi connectivity index (χ0n) is 20.4. The monoisotopic (exact) mass is 481 g/mol. The molecule has 0 aromatic heterocycles. The molecule has 1 N–H and O–H groups in total. The van der Waals surface area contributed by atoms with Crippen LogP contribution in [0.25, 0.3) is 21.5 Å². The van der Waals surface area contributed by atoms with Crippen LogP contribution in [0, 0.1) is 51.2 Å². The molecular formula is C31H23N5O. The Labute approximate surface area is 215 Å². The van der Waals surface area contributed by atoms with Gasteiger partial charge in [0.15, 0.2) is 11.8 Å². The summed E-state index contributed by atoms with van der Waals surface area (Å²) in [5, 5.41) is 44.5. The zero-order valence-corrected chi connectivity index (χ0v) is 20.4. The third-order valence-electron chi connectivity index (χ3n) is 6.58. The highest BCUT2D eigenvalue weighted by Crippen LogP contribution is 2.40. The Bertz CT molecular complexity index is 1630. The zero-order chi connectivity index (χ0) is 26.5. The SMILES string of the molecule is CC(C)[C@@H](NC(=O)c1ccc2c(C(C#N)C#N)c3ccccc3c(C(C#N)C#N)c2c1)c1ccccc1. The van der Waals surface area contributed by atoms with Crippen molar-refractivity contribution < 1.29 is 4.79 Å². The van der Waals surface area contributed by atoms with Crippen molar-refractivity contribution in [3.8, 4) is 24.3 Å². The second kappa shape index (κ2) is 10.6. The minimum Gasteiger partial charge on any atom is -0.345 e. The Hall–Kier alpha value is -5.17. The predicted octanol–water partition coefficient (Wildman–Crippen LogP) is 6.38. The van der Waals surface area contributed by atoms with E-state index in [4.69, 9.17) is 0 Å². The quantitative estimate of drug-likeness (QED) is 0.320. The Morgan fingerprint density at radius 1 is 0.676 bits per heavy atom. The van der Waals surface area contributed by atoms with Gasteiger partial charge in [-0.1, -0.05) is 74.5 Å². The average Bonchev–Trinajstić information content (AvgIpc) is 2.93. The number of benzene rings is 4. The summed E-state index contributed by atoms with van der Waals surface area (Å²) in [7, 11) is 0. The van der Waals surface area contributed by atoms with Gasteiger partial charge < -0.3 is 5.32 Å². The van der Waals surface area contributed by atoms with E-state index in [1.165, 1.54) is 0 Å². The number of carbonyl (C=O) groups excluding carboxylic acids is 1. The molecule has 178 valence electrons. The van der Waals surface area contributed by atoms with Gasteiger partial charge in [0, 0.05) is 5.56 Å². The van der Waals surface area contributed by atoms with Gasteiger partial charge in [0.05, 0.1) is 30.3 Å². The molecule has 0 spiro atoms. The molecule has 4 aromatic rings. The van der Waals surface area contributed by atoms with Crippen molar-refractivity contribution in [1.29, 1.82) is 21.0 Å². The fourth-order valence-electron chi connectivity index (χ4n) is 4.84. The summed E-state index contributed by atoms with van der Waals surface area (Å²) < 4.78 is 0. The Morgan fingerprint density at radius 3 is 1.68 bits per heavy atom. The van der Waals surface area contributed by atoms with Crippen molar-refractivity contribution in [3.05, 3.63) is 95.1 Å². The summed E-state index contributed by atoms with van der Waals surface area (Å²) in [6.07, 6.45) is 0. The van der Waals surface area contributed by atoms with Gasteiger partial charge in [0.1, 0.15) is 0 Å². The fourth-order valence-corrected chi connectivity index (χ4v) is 4.84. The van der Waals surface area contributed by atoms with E-state index in [1.807, 2.05) is 44.2 Å². The lowest BCUT2D eigenvalue weighted by Gasteiger charge is -2.23. The van der Waals surface area contributed by atoms with E-state index in [9.17, 15) is 25.8 Å². The lowest BCUT2D eigenvalue weighted by atomic mass is 9.82. The smallest absolute Gasteiger partial charge is 0.251 e. The number of carbonyl (C=O) groups is 1. The molecule has 0 aliphatic rings. The summed E-state index contributed by atoms with van der Waals surface area (Å²) in [6, 6.07) is 29.9. The van der Waals surface area contributed by atoms with Crippen LogP contribution in [0.3, 0.4) is 0 Å². The molecule has 0 aliphatic heterocycles. The normalized spacial score (nSPS) is 11.6. The Balaban J connectivity index is 1.96. The molecule has 37 heavy (non-hydrogen) atoms. The summed E-state index contributed by atoms with van der Waals surface area (Å²) in [5.41, 5.74) is 2.31. The molecular weight excluding hydrogens is 458 g/mol. The number of amides is 1. The van der Waals surface area contributed by atoms with Crippen LogP contribution in [0.2, 0.25) is 0 Å². The van der Waals surface area contributed by atoms with Gasteiger partial charge in [-0.15, -0.1) is 0 Å². The van der Waals surface area contributed by atoms with Crippen LogP contribution in [0.4, 0.5) is 0 Å². The van der Waals surface area contributed by atoms with Gasteiger partial charge in [-0.05, 0) is 56.3 Å². The maximum Gasteiger partial charge on any atom is 0.251 e. The molecule has 0 unspecified atom stereocenters. The number of nitriles is 4. The van der Waals surface area contributed by atoms with Crippen LogP contribution >= 0.6 is 0 Å². The molecule has 4 rings (SSSR count). The number of fused-ring (bicyclic) bond motifs is 2. The standard InChI is InChI=1S/C31H23N5O/c1-19(2)30(20-8-4-3-5-9-20)36-31(37)21-12-13-26-27(14-21)29(23(17-34)18-35)25-11-7-6-10-24(25)28(26)22(15-32)16-33/h3-14,19,22-23,30H,1-2H3,(H,36,37)/t30-/m1/s1. The highest BCUT2D eigenvalue weighted by atomic mass is 16.1. The molecule has 4 aromatic carbocycles. The summed E-state index contributed by atoms with van der Waals surface area (Å²) >= 11 is 0. The van der Waals surface area contributed by atoms with Crippen molar-refractivity contribution >= 4 is 27.5 Å². The summed E-state index contributed by atoms with van der Waals surface area (Å²) in [6.45, 7) is 4.06. The minimum absolute atomic E-state index is 0.131. The first-order valence-electron chi connectivity index (χ1n) is 11.9. The van der Waals surface area contributed by atoms with Gasteiger partial charge in [-0.3, -0.25) is 4.79 Å². The number of nitrogens with one attached hydrogen (secondary N) is 1. The number of hydrogen-bond acceptors (Lipinski definition) is 5. The van der Waals surface area contributed by atoms with E-state index < -0.39 is 11.8 Å². The molecule has 6 nitrogen and oxygen atoms in total. The maximum atomic E-state index is 13.4. The van der Waals surface area contributed by atoms with Crippen molar-refractivity contribution in [2.75, 3.05) is 0 Å². The minimum atomic E-state index is -1.10. The molecule has 0 radical (unpaired) electrons. The van der Waals surface area contributed by atoms with E-state index in [1.54, 1.807) is 42.5 Å². The van der Waals surface area contributed by atoms with Crippen molar-refractivity contribution in [2.45, 2.75) is 31.7 Å². The van der Waals surface area contributed by atoms with E-state index in [0.29, 0.717) is 38.2 Å². The van der Waals surface area contributed by atoms with E-state index in [2.05, 4.69) is 29.6 Å². The number of hydrogen-bond donors (Lipinski definition) is 1. The van der Waals surface area contributed by atoms with Gasteiger partial charge in [0.25, 0.3) is 5.91 Å². The van der Waals surface area contributed by atoms with E-state index >= 15 is 0 Å². The second-order valence-electron chi connectivity index (χ2n) is 9.12.